The van der Waals surface area contributed by atoms with E-state index in [0.717, 1.165) is 25.7 Å². The SMILES string of the molecule is CCC(C)C(=O)C1CCCC1N. The van der Waals surface area contributed by atoms with E-state index in [1.54, 1.807) is 0 Å². The molecule has 0 bridgehead atoms. The molecule has 0 amide bonds. The second-order valence-corrected chi connectivity index (χ2v) is 3.91. The average Bonchev–Trinajstić information content (AvgIpc) is 2.48. The Bertz CT molecular complexity index is 167. The van der Waals surface area contributed by atoms with Gasteiger partial charge in [-0.05, 0) is 19.3 Å². The third kappa shape index (κ3) is 1.86. The lowest BCUT2D eigenvalue weighted by Crippen LogP contribution is -2.33. The van der Waals surface area contributed by atoms with Crippen LogP contribution >= 0.6 is 0 Å². The molecule has 2 heteroatoms. The van der Waals surface area contributed by atoms with Crippen LogP contribution in [0.3, 0.4) is 0 Å². The minimum Gasteiger partial charge on any atom is -0.327 e. The number of nitrogens with two attached hydrogens (primary N) is 1. The summed E-state index contributed by atoms with van der Waals surface area (Å²) in [5.74, 6) is 0.765. The summed E-state index contributed by atoms with van der Waals surface area (Å²) in [6.07, 6.45) is 4.13. The normalized spacial score (nSPS) is 31.9. The quantitative estimate of drug-likeness (QED) is 0.699. The lowest BCUT2D eigenvalue weighted by Gasteiger charge is -2.17. The fourth-order valence-electron chi connectivity index (χ4n) is 1.91. The van der Waals surface area contributed by atoms with Crippen molar-refractivity contribution in [1.29, 1.82) is 0 Å². The Hall–Kier alpha value is -0.370. The summed E-state index contributed by atoms with van der Waals surface area (Å²) >= 11 is 0. The highest BCUT2D eigenvalue weighted by atomic mass is 16.1. The van der Waals surface area contributed by atoms with Gasteiger partial charge in [-0.1, -0.05) is 20.3 Å². The van der Waals surface area contributed by atoms with Gasteiger partial charge in [-0.2, -0.15) is 0 Å². The van der Waals surface area contributed by atoms with Gasteiger partial charge in [-0.3, -0.25) is 4.79 Å². The van der Waals surface area contributed by atoms with Crippen molar-refractivity contribution in [2.75, 3.05) is 0 Å². The Labute approximate surface area is 74.5 Å². The first-order valence-electron chi connectivity index (χ1n) is 4.96. The van der Waals surface area contributed by atoms with Crippen LogP contribution in [-0.4, -0.2) is 11.8 Å². The first-order chi connectivity index (χ1) is 5.66. The molecule has 0 radical (unpaired) electrons. The molecule has 0 aromatic carbocycles. The molecule has 0 spiro atoms. The third-order valence-electron chi connectivity index (χ3n) is 3.03. The molecule has 1 fully saturated rings. The van der Waals surface area contributed by atoms with Crippen molar-refractivity contribution in [1.82, 2.24) is 0 Å². The van der Waals surface area contributed by atoms with E-state index in [1.165, 1.54) is 0 Å². The van der Waals surface area contributed by atoms with E-state index in [0.29, 0.717) is 5.78 Å². The molecule has 0 aromatic rings. The number of ketones is 1. The Morgan fingerprint density at radius 3 is 2.67 bits per heavy atom. The Morgan fingerprint density at radius 2 is 2.25 bits per heavy atom. The Morgan fingerprint density at radius 1 is 1.58 bits per heavy atom. The van der Waals surface area contributed by atoms with Crippen molar-refractivity contribution < 1.29 is 4.79 Å². The Kier molecular flexibility index (Phi) is 3.27. The molecule has 3 atom stereocenters. The van der Waals surface area contributed by atoms with E-state index in [1.807, 2.05) is 6.92 Å². The van der Waals surface area contributed by atoms with Gasteiger partial charge in [0.2, 0.25) is 0 Å². The summed E-state index contributed by atoms with van der Waals surface area (Å²) in [4.78, 5) is 11.7. The fourth-order valence-corrected chi connectivity index (χ4v) is 1.91. The molecule has 12 heavy (non-hydrogen) atoms. The van der Waals surface area contributed by atoms with Crippen LogP contribution in [0.15, 0.2) is 0 Å². The first kappa shape index (κ1) is 9.72. The zero-order chi connectivity index (χ0) is 9.14. The molecular weight excluding hydrogens is 150 g/mol. The highest BCUT2D eigenvalue weighted by molar-refractivity contribution is 5.84. The lowest BCUT2D eigenvalue weighted by atomic mass is 9.89. The standard InChI is InChI=1S/C10H19NO/c1-3-7(2)10(12)8-5-4-6-9(8)11/h7-9H,3-6,11H2,1-2H3. The summed E-state index contributed by atoms with van der Waals surface area (Å²) in [7, 11) is 0. The van der Waals surface area contributed by atoms with E-state index in [-0.39, 0.29) is 17.9 Å². The van der Waals surface area contributed by atoms with Gasteiger partial charge in [0.05, 0.1) is 0 Å². The minimum absolute atomic E-state index is 0.145. The summed E-state index contributed by atoms with van der Waals surface area (Å²) in [5.41, 5.74) is 5.85. The molecule has 1 rings (SSSR count). The largest absolute Gasteiger partial charge is 0.327 e. The molecule has 1 saturated carbocycles. The zero-order valence-corrected chi connectivity index (χ0v) is 8.05. The van der Waals surface area contributed by atoms with Gasteiger partial charge in [-0.15, -0.1) is 0 Å². The van der Waals surface area contributed by atoms with E-state index < -0.39 is 0 Å². The van der Waals surface area contributed by atoms with Gasteiger partial charge < -0.3 is 5.73 Å². The van der Waals surface area contributed by atoms with Crippen molar-refractivity contribution in [2.24, 2.45) is 17.6 Å². The van der Waals surface area contributed by atoms with Crippen LogP contribution in [0.5, 0.6) is 0 Å². The molecule has 0 saturated heterocycles. The summed E-state index contributed by atoms with van der Waals surface area (Å²) in [5, 5.41) is 0. The van der Waals surface area contributed by atoms with E-state index >= 15 is 0 Å². The maximum atomic E-state index is 11.7. The van der Waals surface area contributed by atoms with Crippen LogP contribution in [0.4, 0.5) is 0 Å². The summed E-state index contributed by atoms with van der Waals surface area (Å²) in [6, 6.07) is 0.145. The highest BCUT2D eigenvalue weighted by Gasteiger charge is 2.31. The number of Topliss-reactive ketones (excluding diaryl/α,β-unsaturated/α-hetero) is 1. The van der Waals surface area contributed by atoms with Gasteiger partial charge in [0.25, 0.3) is 0 Å². The number of hydrogen-bond donors (Lipinski definition) is 1. The van der Waals surface area contributed by atoms with Gasteiger partial charge in [0.15, 0.2) is 0 Å². The van der Waals surface area contributed by atoms with Gasteiger partial charge in [0, 0.05) is 17.9 Å². The van der Waals surface area contributed by atoms with Crippen molar-refractivity contribution >= 4 is 5.78 Å². The molecule has 0 heterocycles. The maximum Gasteiger partial charge on any atom is 0.140 e. The topological polar surface area (TPSA) is 43.1 Å². The van der Waals surface area contributed by atoms with Crippen LogP contribution in [0.1, 0.15) is 39.5 Å². The number of carbonyl (C=O) groups is 1. The number of carbonyl (C=O) groups excluding carboxylic acids is 1. The molecule has 2 nitrogen and oxygen atoms in total. The fraction of sp³-hybridized carbons (Fsp3) is 0.900. The second kappa shape index (κ2) is 4.04. The number of rotatable bonds is 3. The van der Waals surface area contributed by atoms with Gasteiger partial charge >= 0.3 is 0 Å². The smallest absolute Gasteiger partial charge is 0.140 e. The number of hydrogen-bond acceptors (Lipinski definition) is 2. The van der Waals surface area contributed by atoms with Crippen molar-refractivity contribution in [3.63, 3.8) is 0 Å². The van der Waals surface area contributed by atoms with Crippen LogP contribution in [-0.2, 0) is 4.79 Å². The monoisotopic (exact) mass is 169 g/mol. The van der Waals surface area contributed by atoms with Crippen molar-refractivity contribution in [3.8, 4) is 0 Å². The van der Waals surface area contributed by atoms with E-state index in [2.05, 4.69) is 6.92 Å². The lowest BCUT2D eigenvalue weighted by molar-refractivity contribution is -0.126. The Balaban J connectivity index is 2.51. The predicted molar refractivity (Wildman–Crippen MR) is 49.8 cm³/mol. The van der Waals surface area contributed by atoms with E-state index in [9.17, 15) is 4.79 Å². The molecule has 2 N–H and O–H groups in total. The van der Waals surface area contributed by atoms with Crippen LogP contribution in [0.25, 0.3) is 0 Å². The van der Waals surface area contributed by atoms with Crippen molar-refractivity contribution in [3.05, 3.63) is 0 Å². The zero-order valence-electron chi connectivity index (χ0n) is 8.05. The maximum absolute atomic E-state index is 11.7. The molecule has 3 unspecified atom stereocenters. The molecule has 1 aliphatic rings. The second-order valence-electron chi connectivity index (χ2n) is 3.91. The third-order valence-corrected chi connectivity index (χ3v) is 3.03. The molecule has 70 valence electrons. The van der Waals surface area contributed by atoms with Crippen LogP contribution < -0.4 is 5.73 Å². The molecule has 0 aliphatic heterocycles. The van der Waals surface area contributed by atoms with Crippen LogP contribution in [0, 0.1) is 11.8 Å². The molecular formula is C10H19NO. The molecule has 1 aliphatic carbocycles. The summed E-state index contributed by atoms with van der Waals surface area (Å²) in [6.45, 7) is 4.07. The van der Waals surface area contributed by atoms with Gasteiger partial charge in [0.1, 0.15) is 5.78 Å². The van der Waals surface area contributed by atoms with Crippen molar-refractivity contribution in [2.45, 2.75) is 45.6 Å². The average molecular weight is 169 g/mol. The van der Waals surface area contributed by atoms with Crippen LogP contribution in [0.2, 0.25) is 0 Å². The molecule has 0 aromatic heterocycles. The first-order valence-corrected chi connectivity index (χ1v) is 4.96. The highest BCUT2D eigenvalue weighted by Crippen LogP contribution is 2.27. The summed E-state index contributed by atoms with van der Waals surface area (Å²) < 4.78 is 0. The predicted octanol–water partition coefficient (Wildman–Crippen LogP) is 1.73. The van der Waals surface area contributed by atoms with E-state index in [4.69, 9.17) is 5.73 Å². The van der Waals surface area contributed by atoms with Gasteiger partial charge in [-0.25, -0.2) is 0 Å². The minimum atomic E-state index is 0.145.